The Kier molecular flexibility index (Phi) is 4.31. The maximum Gasteiger partial charge on any atom is 0.162 e. The van der Waals surface area contributed by atoms with Crippen LogP contribution in [0.15, 0.2) is 0 Å². The van der Waals surface area contributed by atoms with Gasteiger partial charge in [-0.25, -0.2) is 8.42 Å². The van der Waals surface area contributed by atoms with Crippen molar-refractivity contribution in [1.82, 2.24) is 0 Å². The van der Waals surface area contributed by atoms with Crippen LogP contribution < -0.4 is 0 Å². The molecule has 3 nitrogen and oxygen atoms in total. The quantitative estimate of drug-likeness (QED) is 0.726. The molecule has 0 aromatic heterocycles. The van der Waals surface area contributed by atoms with Crippen LogP contribution in [0.4, 0.5) is 0 Å². The van der Waals surface area contributed by atoms with Crippen molar-refractivity contribution < 1.29 is 13.2 Å². The third kappa shape index (κ3) is 3.40. The molecule has 0 spiro atoms. The number of ketones is 1. The van der Waals surface area contributed by atoms with Gasteiger partial charge in [-0.1, -0.05) is 13.8 Å². The Morgan fingerprint density at radius 2 is 1.71 bits per heavy atom. The van der Waals surface area contributed by atoms with Gasteiger partial charge in [-0.05, 0) is 27.2 Å². The second-order valence-corrected chi connectivity index (χ2v) is 7.39. The van der Waals surface area contributed by atoms with Crippen molar-refractivity contribution in [3.63, 3.8) is 0 Å². The number of sulfone groups is 1. The molecule has 0 bridgehead atoms. The fourth-order valence-electron chi connectivity index (χ4n) is 0.774. The van der Waals surface area contributed by atoms with Crippen molar-refractivity contribution in [2.45, 2.75) is 45.8 Å². The van der Waals surface area contributed by atoms with Gasteiger partial charge in [0.1, 0.15) is 5.75 Å². The number of rotatable bonds is 4. The minimum absolute atomic E-state index is 0.160. The van der Waals surface area contributed by atoms with Crippen LogP contribution in [-0.4, -0.2) is 24.7 Å². The van der Waals surface area contributed by atoms with E-state index >= 15 is 0 Å². The van der Waals surface area contributed by atoms with E-state index in [4.69, 9.17) is 0 Å². The molecule has 0 aromatic carbocycles. The molecule has 0 radical (unpaired) electrons. The van der Waals surface area contributed by atoms with Crippen LogP contribution in [0.2, 0.25) is 0 Å². The monoisotopic (exact) mass is 220 g/mol. The lowest BCUT2D eigenvalue weighted by Gasteiger charge is -2.19. The summed E-state index contributed by atoms with van der Waals surface area (Å²) in [7, 11) is -3.30. The third-order valence-corrected chi connectivity index (χ3v) is 4.96. The lowest BCUT2D eigenvalue weighted by atomic mass is 10.1. The number of carbonyl (C=O) groups is 1. The van der Waals surface area contributed by atoms with Crippen LogP contribution in [0.1, 0.15) is 41.0 Å². The average Bonchev–Trinajstić information content (AvgIpc) is 2.00. The molecule has 0 N–H and O–H groups in total. The van der Waals surface area contributed by atoms with E-state index in [0.717, 1.165) is 0 Å². The lowest BCUT2D eigenvalue weighted by molar-refractivity contribution is -0.119. The molecule has 1 atom stereocenters. The largest absolute Gasteiger partial charge is 0.298 e. The molecule has 84 valence electrons. The zero-order valence-electron chi connectivity index (χ0n) is 9.62. The van der Waals surface area contributed by atoms with Gasteiger partial charge in [-0.15, -0.1) is 0 Å². The van der Waals surface area contributed by atoms with E-state index in [9.17, 15) is 13.2 Å². The van der Waals surface area contributed by atoms with Crippen molar-refractivity contribution in [2.75, 3.05) is 5.75 Å². The summed E-state index contributed by atoms with van der Waals surface area (Å²) in [4.78, 5) is 11.5. The predicted molar refractivity (Wildman–Crippen MR) is 58.0 cm³/mol. The molecule has 0 aliphatic heterocycles. The summed E-state index contributed by atoms with van der Waals surface area (Å²) in [6.07, 6.45) is 0.693. The molecule has 0 saturated heterocycles. The standard InChI is InChI=1S/C10H20O3S/c1-6-8(2)9(11)7-14(12,13)10(3,4)5/h8H,6-7H2,1-5H3. The van der Waals surface area contributed by atoms with E-state index in [1.54, 1.807) is 27.7 Å². The maximum absolute atomic E-state index is 11.7. The Morgan fingerprint density at radius 1 is 1.29 bits per heavy atom. The molecule has 14 heavy (non-hydrogen) atoms. The van der Waals surface area contributed by atoms with Crippen molar-refractivity contribution >= 4 is 15.6 Å². The van der Waals surface area contributed by atoms with Gasteiger partial charge in [0.25, 0.3) is 0 Å². The first-order valence-corrected chi connectivity index (χ1v) is 6.52. The fourth-order valence-corrected chi connectivity index (χ4v) is 1.87. The van der Waals surface area contributed by atoms with Gasteiger partial charge in [0.05, 0.1) is 4.75 Å². The van der Waals surface area contributed by atoms with Crippen molar-refractivity contribution in [3.05, 3.63) is 0 Å². The van der Waals surface area contributed by atoms with E-state index < -0.39 is 14.6 Å². The van der Waals surface area contributed by atoms with Gasteiger partial charge in [-0.2, -0.15) is 0 Å². The summed E-state index contributed by atoms with van der Waals surface area (Å²) >= 11 is 0. The minimum atomic E-state index is -3.30. The van der Waals surface area contributed by atoms with Crippen LogP contribution in [0, 0.1) is 5.92 Å². The Hall–Kier alpha value is -0.380. The van der Waals surface area contributed by atoms with Crippen LogP contribution in [0.25, 0.3) is 0 Å². The van der Waals surface area contributed by atoms with Gasteiger partial charge < -0.3 is 0 Å². The molecule has 0 aliphatic carbocycles. The first-order valence-electron chi connectivity index (χ1n) is 4.87. The summed E-state index contributed by atoms with van der Waals surface area (Å²) in [5.74, 6) is -0.666. The Labute approximate surface area is 86.8 Å². The minimum Gasteiger partial charge on any atom is -0.298 e. The molecule has 1 unspecified atom stereocenters. The molecule has 0 saturated carbocycles. The molecule has 0 fully saturated rings. The highest BCUT2D eigenvalue weighted by molar-refractivity contribution is 7.93. The Morgan fingerprint density at radius 3 is 2.00 bits per heavy atom. The van der Waals surface area contributed by atoms with Gasteiger partial charge in [-0.3, -0.25) is 4.79 Å². The normalized spacial score (nSPS) is 15.2. The van der Waals surface area contributed by atoms with Gasteiger partial charge in [0, 0.05) is 5.92 Å². The predicted octanol–water partition coefficient (Wildman–Crippen LogP) is 1.81. The molecule has 0 rings (SSSR count). The topological polar surface area (TPSA) is 51.2 Å². The Bertz CT molecular complexity index is 296. The molecular weight excluding hydrogens is 200 g/mol. The SMILES string of the molecule is CCC(C)C(=O)CS(=O)(=O)C(C)(C)C. The van der Waals surface area contributed by atoms with Crippen molar-refractivity contribution in [2.24, 2.45) is 5.92 Å². The summed E-state index contributed by atoms with van der Waals surface area (Å²) in [6.45, 7) is 8.50. The highest BCUT2D eigenvalue weighted by atomic mass is 32.2. The molecule has 0 aliphatic rings. The van der Waals surface area contributed by atoms with Crippen LogP contribution in [-0.2, 0) is 14.6 Å². The van der Waals surface area contributed by atoms with E-state index in [1.165, 1.54) is 0 Å². The van der Waals surface area contributed by atoms with Gasteiger partial charge >= 0.3 is 0 Å². The lowest BCUT2D eigenvalue weighted by Crippen LogP contribution is -2.35. The average molecular weight is 220 g/mol. The van der Waals surface area contributed by atoms with E-state index in [2.05, 4.69) is 0 Å². The molecule has 0 heterocycles. The van der Waals surface area contributed by atoms with Crippen LogP contribution in [0.3, 0.4) is 0 Å². The highest BCUT2D eigenvalue weighted by Crippen LogP contribution is 2.17. The van der Waals surface area contributed by atoms with E-state index in [0.29, 0.717) is 6.42 Å². The summed E-state index contributed by atoms with van der Waals surface area (Å²) in [5.41, 5.74) is 0. The van der Waals surface area contributed by atoms with E-state index in [1.807, 2.05) is 6.92 Å². The van der Waals surface area contributed by atoms with Crippen molar-refractivity contribution in [1.29, 1.82) is 0 Å². The maximum atomic E-state index is 11.7. The third-order valence-electron chi connectivity index (χ3n) is 2.43. The zero-order chi connectivity index (χ0) is 11.6. The van der Waals surface area contributed by atoms with Crippen LogP contribution >= 0.6 is 0 Å². The summed E-state index contributed by atoms with van der Waals surface area (Å²) in [5, 5.41) is 0. The highest BCUT2D eigenvalue weighted by Gasteiger charge is 2.32. The summed E-state index contributed by atoms with van der Waals surface area (Å²) in [6, 6.07) is 0. The van der Waals surface area contributed by atoms with Crippen LogP contribution in [0.5, 0.6) is 0 Å². The molecule has 0 aromatic rings. The number of Topliss-reactive ketones (excluding diaryl/α,β-unsaturated/α-hetero) is 1. The first kappa shape index (κ1) is 13.6. The first-order chi connectivity index (χ1) is 6.12. The van der Waals surface area contributed by atoms with E-state index in [-0.39, 0.29) is 17.5 Å². The van der Waals surface area contributed by atoms with Gasteiger partial charge in [0.15, 0.2) is 15.6 Å². The number of hydrogen-bond donors (Lipinski definition) is 0. The Balaban J connectivity index is 4.63. The summed E-state index contributed by atoms with van der Waals surface area (Å²) < 4.78 is 22.5. The van der Waals surface area contributed by atoms with Crippen molar-refractivity contribution in [3.8, 4) is 0 Å². The zero-order valence-corrected chi connectivity index (χ0v) is 10.4. The van der Waals surface area contributed by atoms with Gasteiger partial charge in [0.2, 0.25) is 0 Å². The number of hydrogen-bond acceptors (Lipinski definition) is 3. The molecule has 0 amide bonds. The fraction of sp³-hybridized carbons (Fsp3) is 0.900. The number of carbonyl (C=O) groups excluding carboxylic acids is 1. The molecular formula is C10H20O3S. The smallest absolute Gasteiger partial charge is 0.162 e. The second kappa shape index (κ2) is 4.43. The molecule has 4 heteroatoms. The second-order valence-electron chi connectivity index (χ2n) is 4.65.